The number of carbonyl (C=O) groups excluding carboxylic acids is 1. The number of carbonyl (C=O) groups is 1. The Kier molecular flexibility index (Phi) is 8.74. The summed E-state index contributed by atoms with van der Waals surface area (Å²) in [6.07, 6.45) is 2.79. The maximum absolute atomic E-state index is 16.7. The number of non-ortho nitro benzene ring substituents is 1. The van der Waals surface area contributed by atoms with E-state index in [0.29, 0.717) is 65.3 Å². The van der Waals surface area contributed by atoms with Crippen LogP contribution in [0.2, 0.25) is 5.02 Å². The Hall–Kier alpha value is -5.18. The number of nitro benzene ring substituents is 1. The fraction of sp³-hybridized carbons (Fsp3) is 0.333. The van der Waals surface area contributed by atoms with Crippen molar-refractivity contribution in [1.82, 2.24) is 25.2 Å². The number of ether oxygens (including phenoxy) is 3. The van der Waals surface area contributed by atoms with Crippen molar-refractivity contribution < 1.29 is 28.3 Å². The lowest BCUT2D eigenvalue weighted by atomic mass is 10.0. The first-order chi connectivity index (χ1) is 24.7. The van der Waals surface area contributed by atoms with Gasteiger partial charge in [-0.25, -0.2) is 9.18 Å². The van der Waals surface area contributed by atoms with E-state index in [4.69, 9.17) is 30.8 Å². The van der Waals surface area contributed by atoms with Crippen LogP contribution in [0.1, 0.15) is 19.3 Å². The van der Waals surface area contributed by atoms with Gasteiger partial charge in [-0.2, -0.15) is 9.97 Å². The number of halogens is 2. The number of aromatic nitrogens is 3. The molecule has 13 nitrogen and oxygen atoms in total. The molecular formula is C36H33ClFN7O6. The highest BCUT2D eigenvalue weighted by atomic mass is 35.5. The first kappa shape index (κ1) is 33.0. The van der Waals surface area contributed by atoms with Gasteiger partial charge in [-0.3, -0.25) is 20.0 Å². The highest BCUT2D eigenvalue weighted by molar-refractivity contribution is 6.36. The van der Waals surface area contributed by atoms with Gasteiger partial charge >= 0.3 is 12.2 Å². The molecule has 3 aromatic carbocycles. The fourth-order valence-corrected chi connectivity index (χ4v) is 7.63. The smallest absolute Gasteiger partial charge is 0.462 e. The van der Waals surface area contributed by atoms with Crippen LogP contribution in [0, 0.1) is 15.9 Å². The maximum Gasteiger partial charge on any atom is 0.514 e. The van der Waals surface area contributed by atoms with E-state index in [2.05, 4.69) is 20.2 Å². The summed E-state index contributed by atoms with van der Waals surface area (Å²) < 4.78 is 33.7. The van der Waals surface area contributed by atoms with Gasteiger partial charge < -0.3 is 24.4 Å². The minimum Gasteiger partial charge on any atom is -0.462 e. The first-order valence-corrected chi connectivity index (χ1v) is 17.1. The average molecular weight is 714 g/mol. The lowest BCUT2D eigenvalue weighted by Crippen LogP contribution is -2.51. The van der Waals surface area contributed by atoms with Gasteiger partial charge in [0, 0.05) is 78.5 Å². The lowest BCUT2D eigenvalue weighted by Gasteiger charge is -2.34. The van der Waals surface area contributed by atoms with Gasteiger partial charge in [-0.1, -0.05) is 41.9 Å². The summed E-state index contributed by atoms with van der Waals surface area (Å²) in [6.45, 7) is 2.01. The van der Waals surface area contributed by atoms with Crippen LogP contribution in [0.4, 0.5) is 20.7 Å². The van der Waals surface area contributed by atoms with E-state index in [0.717, 1.165) is 18.2 Å². The Morgan fingerprint density at radius 2 is 1.80 bits per heavy atom. The number of rotatable bonds is 8. The zero-order valence-corrected chi connectivity index (χ0v) is 28.3. The van der Waals surface area contributed by atoms with Crippen molar-refractivity contribution in [1.29, 1.82) is 0 Å². The molecule has 51 heavy (non-hydrogen) atoms. The van der Waals surface area contributed by atoms with Gasteiger partial charge in [0.2, 0.25) is 0 Å². The molecule has 1 N–H and O–H groups in total. The molecule has 2 bridgehead atoms. The summed E-state index contributed by atoms with van der Waals surface area (Å²) in [5.74, 6) is 0.106. The number of nitrogens with one attached hydrogen (secondary N) is 1. The number of pyridine rings is 1. The maximum atomic E-state index is 16.7. The Balaban J connectivity index is 1.04. The standard InChI is InChI=1S/C36H33ClFN7O6/c1-43-18-26(51-36(46)50-25-12-10-23(11-13-25)45(47)48)14-24(43)19-49-35-41-33-28(34(42-35)44-16-21-8-9-22(17-44)40-21)15-39-32(31(33)38)27-6-2-4-20-5-3-7-29(37)30(20)27/h2-7,10-13,15,21-22,24,26,40H,8-9,14,16-19H2,1H3/t21-,22+,24-,26+/m0/s1. The first-order valence-electron chi connectivity index (χ1n) is 16.7. The van der Waals surface area contributed by atoms with Crippen molar-refractivity contribution >= 4 is 50.9 Å². The predicted octanol–water partition coefficient (Wildman–Crippen LogP) is 6.15. The molecule has 0 unspecified atom stereocenters. The van der Waals surface area contributed by atoms with Crippen molar-refractivity contribution in [3.8, 4) is 23.0 Å². The Labute approximate surface area is 296 Å². The number of nitrogens with zero attached hydrogens (tertiary/aromatic N) is 6. The van der Waals surface area contributed by atoms with Gasteiger partial charge in [-0.05, 0) is 43.5 Å². The number of piperazine rings is 1. The third-order valence-electron chi connectivity index (χ3n) is 9.83. The molecule has 4 atom stereocenters. The van der Waals surface area contributed by atoms with Crippen LogP contribution in [0.15, 0.2) is 66.9 Å². The second-order valence-corrected chi connectivity index (χ2v) is 13.6. The lowest BCUT2D eigenvalue weighted by molar-refractivity contribution is -0.384. The van der Waals surface area contributed by atoms with Crippen LogP contribution in [0.25, 0.3) is 32.9 Å². The number of anilines is 1. The van der Waals surface area contributed by atoms with Gasteiger partial charge in [0.1, 0.15) is 35.5 Å². The molecule has 0 saturated carbocycles. The van der Waals surface area contributed by atoms with Crippen molar-refractivity contribution in [2.45, 2.75) is 43.5 Å². The molecule has 2 aromatic heterocycles. The number of likely N-dealkylation sites (tertiary alicyclic amines) is 1. The number of nitro groups is 1. The Morgan fingerprint density at radius 3 is 2.55 bits per heavy atom. The molecule has 0 aliphatic carbocycles. The van der Waals surface area contributed by atoms with E-state index >= 15 is 4.39 Å². The second kappa shape index (κ2) is 13.5. The van der Waals surface area contributed by atoms with E-state index in [1.54, 1.807) is 18.3 Å². The molecule has 3 saturated heterocycles. The third-order valence-corrected chi connectivity index (χ3v) is 10.1. The summed E-state index contributed by atoms with van der Waals surface area (Å²) in [7, 11) is 1.88. The van der Waals surface area contributed by atoms with E-state index in [-0.39, 0.29) is 41.3 Å². The highest BCUT2D eigenvalue weighted by Gasteiger charge is 2.36. The molecule has 0 spiro atoms. The summed E-state index contributed by atoms with van der Waals surface area (Å²) in [4.78, 5) is 41.0. The molecule has 262 valence electrons. The van der Waals surface area contributed by atoms with Crippen molar-refractivity contribution in [3.05, 3.63) is 87.8 Å². The Morgan fingerprint density at radius 1 is 1.06 bits per heavy atom. The SMILES string of the molecule is CN1C[C@H](OC(=O)Oc2ccc([N+](=O)[O-])cc2)C[C@H]1COc1nc(N2C[C@H]3CC[C@@H](C2)N3)c2cnc(-c3cccc4cccc(Cl)c34)c(F)c2n1. The molecule has 3 aliphatic heterocycles. The monoisotopic (exact) mass is 713 g/mol. The highest BCUT2D eigenvalue weighted by Crippen LogP contribution is 2.38. The Bertz CT molecular complexity index is 2140. The molecule has 3 aliphatic rings. The van der Waals surface area contributed by atoms with Crippen LogP contribution in [0.5, 0.6) is 11.8 Å². The van der Waals surface area contributed by atoms with Gasteiger partial charge in [0.05, 0.1) is 10.3 Å². The summed E-state index contributed by atoms with van der Waals surface area (Å²) in [5.41, 5.74) is 0.678. The van der Waals surface area contributed by atoms with Crippen LogP contribution >= 0.6 is 11.6 Å². The molecular weight excluding hydrogens is 681 g/mol. The molecule has 0 radical (unpaired) electrons. The number of hydrogen-bond acceptors (Lipinski definition) is 12. The number of likely N-dealkylation sites (N-methyl/N-ethyl adjacent to an activating group) is 1. The number of fused-ring (bicyclic) bond motifs is 4. The third kappa shape index (κ3) is 6.57. The van der Waals surface area contributed by atoms with Crippen LogP contribution in [-0.2, 0) is 4.74 Å². The summed E-state index contributed by atoms with van der Waals surface area (Å²) in [5, 5.41) is 17.1. The van der Waals surface area contributed by atoms with Crippen molar-refractivity contribution in [2.24, 2.45) is 0 Å². The second-order valence-electron chi connectivity index (χ2n) is 13.2. The zero-order chi connectivity index (χ0) is 35.2. The van der Waals surface area contributed by atoms with E-state index in [1.165, 1.54) is 24.3 Å². The predicted molar refractivity (Wildman–Crippen MR) is 188 cm³/mol. The van der Waals surface area contributed by atoms with E-state index in [9.17, 15) is 14.9 Å². The normalized spacial score (nSPS) is 21.7. The average Bonchev–Trinajstić information content (AvgIpc) is 3.65. The molecule has 15 heteroatoms. The number of hydrogen-bond donors (Lipinski definition) is 1. The minimum atomic E-state index is -0.913. The molecule has 5 aromatic rings. The van der Waals surface area contributed by atoms with Gasteiger partial charge in [0.15, 0.2) is 5.82 Å². The quantitative estimate of drug-likeness (QED) is 0.0852. The van der Waals surface area contributed by atoms with Gasteiger partial charge in [0.25, 0.3) is 5.69 Å². The zero-order valence-electron chi connectivity index (χ0n) is 27.5. The van der Waals surface area contributed by atoms with Crippen LogP contribution in [-0.4, -0.2) is 88.4 Å². The fourth-order valence-electron chi connectivity index (χ4n) is 7.35. The summed E-state index contributed by atoms with van der Waals surface area (Å²) >= 11 is 6.60. The summed E-state index contributed by atoms with van der Waals surface area (Å²) in [6, 6.07) is 16.8. The molecule has 3 fully saturated rings. The van der Waals surface area contributed by atoms with E-state index < -0.39 is 23.0 Å². The number of benzene rings is 3. The minimum absolute atomic E-state index is 0.0331. The van der Waals surface area contributed by atoms with Crippen molar-refractivity contribution in [2.75, 3.05) is 38.2 Å². The molecule has 5 heterocycles. The van der Waals surface area contributed by atoms with Crippen molar-refractivity contribution in [3.63, 3.8) is 0 Å². The molecule has 8 rings (SSSR count). The molecule has 0 amide bonds. The van der Waals surface area contributed by atoms with Gasteiger partial charge in [-0.15, -0.1) is 0 Å². The largest absolute Gasteiger partial charge is 0.514 e. The van der Waals surface area contributed by atoms with Crippen LogP contribution < -0.4 is 19.7 Å². The van der Waals surface area contributed by atoms with E-state index in [1.807, 2.05) is 36.2 Å². The topological polar surface area (TPSA) is 145 Å². The van der Waals surface area contributed by atoms with Crippen LogP contribution in [0.3, 0.4) is 0 Å².